The van der Waals surface area contributed by atoms with Gasteiger partial charge in [-0.05, 0) is 55.4 Å². The molecule has 2 rings (SSSR count). The standard InChI is InChI=1S/C19H37N/c1-6-15-9-7-8-10-16(15)19(3,4)17-12-11-14(2)13-18(17)20-5/h14-18,20H,6-13H2,1-5H3. The van der Waals surface area contributed by atoms with E-state index < -0.39 is 0 Å². The van der Waals surface area contributed by atoms with Crippen molar-refractivity contribution in [3.05, 3.63) is 0 Å². The predicted molar refractivity (Wildman–Crippen MR) is 88.9 cm³/mol. The van der Waals surface area contributed by atoms with E-state index in [0.717, 1.165) is 29.7 Å². The van der Waals surface area contributed by atoms with Crippen LogP contribution in [0.2, 0.25) is 0 Å². The van der Waals surface area contributed by atoms with Gasteiger partial charge in [-0.3, -0.25) is 0 Å². The van der Waals surface area contributed by atoms with Crippen LogP contribution in [0.25, 0.3) is 0 Å². The van der Waals surface area contributed by atoms with Crippen LogP contribution in [0.4, 0.5) is 0 Å². The Balaban J connectivity index is 2.14. The lowest BCUT2D eigenvalue weighted by Gasteiger charge is -2.51. The van der Waals surface area contributed by atoms with Crippen LogP contribution in [-0.2, 0) is 0 Å². The topological polar surface area (TPSA) is 12.0 Å². The van der Waals surface area contributed by atoms with Crippen LogP contribution in [0.15, 0.2) is 0 Å². The molecule has 0 saturated heterocycles. The second-order valence-electron chi connectivity index (χ2n) is 8.30. The van der Waals surface area contributed by atoms with Gasteiger partial charge in [-0.1, -0.05) is 59.8 Å². The van der Waals surface area contributed by atoms with Crippen LogP contribution >= 0.6 is 0 Å². The van der Waals surface area contributed by atoms with Crippen molar-refractivity contribution in [3.63, 3.8) is 0 Å². The summed E-state index contributed by atoms with van der Waals surface area (Å²) in [6, 6.07) is 0.744. The fraction of sp³-hybridized carbons (Fsp3) is 1.00. The molecular formula is C19H37N. The van der Waals surface area contributed by atoms with Gasteiger partial charge in [-0.15, -0.1) is 0 Å². The van der Waals surface area contributed by atoms with E-state index in [1.165, 1.54) is 51.4 Å². The molecule has 0 heterocycles. The summed E-state index contributed by atoms with van der Waals surface area (Å²) in [5.41, 5.74) is 0.509. The molecule has 2 saturated carbocycles. The van der Waals surface area contributed by atoms with Crippen LogP contribution in [-0.4, -0.2) is 13.1 Å². The lowest BCUT2D eigenvalue weighted by Crippen LogP contribution is -2.49. The van der Waals surface area contributed by atoms with E-state index in [2.05, 4.69) is 40.1 Å². The van der Waals surface area contributed by atoms with Crippen molar-refractivity contribution in [2.24, 2.45) is 29.1 Å². The predicted octanol–water partition coefficient (Wildman–Crippen LogP) is 5.25. The van der Waals surface area contributed by atoms with Crippen molar-refractivity contribution in [1.29, 1.82) is 0 Å². The molecule has 1 nitrogen and oxygen atoms in total. The first-order valence-corrected chi connectivity index (χ1v) is 9.17. The third-order valence-corrected chi connectivity index (χ3v) is 6.83. The maximum atomic E-state index is 3.66. The maximum Gasteiger partial charge on any atom is 0.0100 e. The molecule has 1 heteroatoms. The van der Waals surface area contributed by atoms with Gasteiger partial charge in [0.25, 0.3) is 0 Å². The van der Waals surface area contributed by atoms with Crippen LogP contribution in [0, 0.1) is 29.1 Å². The van der Waals surface area contributed by atoms with Crippen molar-refractivity contribution in [1.82, 2.24) is 5.32 Å². The molecule has 0 bridgehead atoms. The maximum absolute atomic E-state index is 3.66. The third-order valence-electron chi connectivity index (χ3n) is 6.83. The fourth-order valence-corrected chi connectivity index (χ4v) is 5.54. The van der Waals surface area contributed by atoms with Crippen molar-refractivity contribution in [2.45, 2.75) is 85.1 Å². The quantitative estimate of drug-likeness (QED) is 0.741. The highest BCUT2D eigenvalue weighted by Crippen LogP contribution is 2.51. The van der Waals surface area contributed by atoms with Gasteiger partial charge in [0.1, 0.15) is 0 Å². The zero-order chi connectivity index (χ0) is 14.8. The monoisotopic (exact) mass is 279 g/mol. The first-order chi connectivity index (χ1) is 9.50. The Bertz CT molecular complexity index is 296. The van der Waals surface area contributed by atoms with Gasteiger partial charge in [-0.2, -0.15) is 0 Å². The number of rotatable bonds is 4. The second kappa shape index (κ2) is 6.81. The minimum Gasteiger partial charge on any atom is -0.317 e. The van der Waals surface area contributed by atoms with E-state index in [9.17, 15) is 0 Å². The first kappa shape index (κ1) is 16.3. The van der Waals surface area contributed by atoms with Crippen molar-refractivity contribution >= 4 is 0 Å². The summed E-state index contributed by atoms with van der Waals surface area (Å²) in [5.74, 6) is 3.72. The molecule has 0 aromatic carbocycles. The van der Waals surface area contributed by atoms with Crippen molar-refractivity contribution < 1.29 is 0 Å². The van der Waals surface area contributed by atoms with Gasteiger partial charge in [0.2, 0.25) is 0 Å². The van der Waals surface area contributed by atoms with Gasteiger partial charge in [0.05, 0.1) is 0 Å². The van der Waals surface area contributed by atoms with E-state index in [1.54, 1.807) is 0 Å². The Morgan fingerprint density at radius 2 is 1.70 bits per heavy atom. The minimum absolute atomic E-state index is 0.509. The number of nitrogens with one attached hydrogen (secondary N) is 1. The zero-order valence-corrected chi connectivity index (χ0v) is 14.5. The summed E-state index contributed by atoms with van der Waals surface area (Å²) < 4.78 is 0. The Morgan fingerprint density at radius 3 is 2.35 bits per heavy atom. The summed E-state index contributed by atoms with van der Waals surface area (Å²) >= 11 is 0. The van der Waals surface area contributed by atoms with Gasteiger partial charge < -0.3 is 5.32 Å². The Kier molecular flexibility index (Phi) is 5.56. The van der Waals surface area contributed by atoms with E-state index >= 15 is 0 Å². The lowest BCUT2D eigenvalue weighted by molar-refractivity contribution is -0.00287. The molecule has 1 N–H and O–H groups in total. The third kappa shape index (κ3) is 3.24. The average molecular weight is 280 g/mol. The van der Waals surface area contributed by atoms with Gasteiger partial charge >= 0.3 is 0 Å². The Morgan fingerprint density at radius 1 is 1.00 bits per heavy atom. The highest BCUT2D eigenvalue weighted by Gasteiger charge is 2.45. The highest BCUT2D eigenvalue weighted by atomic mass is 14.9. The van der Waals surface area contributed by atoms with E-state index in [-0.39, 0.29) is 0 Å². The molecule has 20 heavy (non-hydrogen) atoms. The summed E-state index contributed by atoms with van der Waals surface area (Å²) in [5, 5.41) is 3.66. The van der Waals surface area contributed by atoms with Crippen LogP contribution < -0.4 is 5.32 Å². The number of hydrogen-bond acceptors (Lipinski definition) is 1. The average Bonchev–Trinajstić information content (AvgIpc) is 2.46. The molecule has 0 aromatic heterocycles. The second-order valence-corrected chi connectivity index (χ2v) is 8.30. The van der Waals surface area contributed by atoms with E-state index in [4.69, 9.17) is 0 Å². The normalized spacial score (nSPS) is 39.8. The molecule has 0 aromatic rings. The fourth-order valence-electron chi connectivity index (χ4n) is 5.54. The lowest BCUT2D eigenvalue weighted by atomic mass is 9.55. The highest BCUT2D eigenvalue weighted by molar-refractivity contribution is 4.97. The first-order valence-electron chi connectivity index (χ1n) is 9.17. The largest absolute Gasteiger partial charge is 0.317 e. The molecule has 0 spiro atoms. The smallest absolute Gasteiger partial charge is 0.0100 e. The SMILES string of the molecule is CCC1CCCCC1C(C)(C)C1CCC(C)CC1NC. The van der Waals surface area contributed by atoms with E-state index in [0.29, 0.717) is 5.41 Å². The summed E-state index contributed by atoms with van der Waals surface area (Å²) in [4.78, 5) is 0. The molecule has 2 fully saturated rings. The van der Waals surface area contributed by atoms with Crippen molar-refractivity contribution in [3.8, 4) is 0 Å². The molecule has 2 aliphatic carbocycles. The van der Waals surface area contributed by atoms with Gasteiger partial charge in [0.15, 0.2) is 0 Å². The number of hydrogen-bond donors (Lipinski definition) is 1. The van der Waals surface area contributed by atoms with Crippen LogP contribution in [0.1, 0.15) is 79.1 Å². The van der Waals surface area contributed by atoms with E-state index in [1.807, 2.05) is 0 Å². The van der Waals surface area contributed by atoms with Crippen LogP contribution in [0.5, 0.6) is 0 Å². The Hall–Kier alpha value is -0.0400. The summed E-state index contributed by atoms with van der Waals surface area (Å²) in [7, 11) is 2.18. The minimum atomic E-state index is 0.509. The Labute approximate surface area is 127 Å². The molecule has 2 aliphatic rings. The molecule has 0 amide bonds. The molecule has 0 radical (unpaired) electrons. The molecule has 5 atom stereocenters. The van der Waals surface area contributed by atoms with Crippen LogP contribution in [0.3, 0.4) is 0 Å². The molecule has 5 unspecified atom stereocenters. The van der Waals surface area contributed by atoms with Crippen molar-refractivity contribution in [2.75, 3.05) is 7.05 Å². The zero-order valence-electron chi connectivity index (χ0n) is 14.5. The molecular weight excluding hydrogens is 242 g/mol. The summed E-state index contributed by atoms with van der Waals surface area (Å²) in [6.45, 7) is 10.0. The summed E-state index contributed by atoms with van der Waals surface area (Å²) in [6.07, 6.45) is 11.6. The molecule has 0 aliphatic heterocycles. The molecule has 118 valence electrons. The van der Waals surface area contributed by atoms with Gasteiger partial charge in [-0.25, -0.2) is 0 Å². The van der Waals surface area contributed by atoms with Gasteiger partial charge in [0, 0.05) is 6.04 Å².